The molecular formula is C17H27NO2Si. The second-order valence-electron chi connectivity index (χ2n) is 7.48. The van der Waals surface area contributed by atoms with Crippen LogP contribution < -0.4 is 5.32 Å². The van der Waals surface area contributed by atoms with Crippen LogP contribution in [0.3, 0.4) is 0 Å². The zero-order valence-electron chi connectivity index (χ0n) is 13.8. The molecule has 0 saturated carbocycles. The first-order chi connectivity index (χ1) is 9.69. The molecule has 1 heterocycles. The van der Waals surface area contributed by atoms with Gasteiger partial charge in [0.2, 0.25) is 5.91 Å². The van der Waals surface area contributed by atoms with E-state index < -0.39 is 8.32 Å². The van der Waals surface area contributed by atoms with Crippen LogP contribution in [0.25, 0.3) is 0 Å². The summed E-state index contributed by atoms with van der Waals surface area (Å²) in [7, 11) is -1.85. The van der Waals surface area contributed by atoms with Crippen molar-refractivity contribution in [3.05, 3.63) is 35.9 Å². The molecule has 1 aliphatic rings. The van der Waals surface area contributed by atoms with Gasteiger partial charge in [0.05, 0.1) is 18.6 Å². The lowest BCUT2D eigenvalue weighted by Crippen LogP contribution is -2.47. The molecule has 1 N–H and O–H groups in total. The highest BCUT2D eigenvalue weighted by atomic mass is 28.4. The van der Waals surface area contributed by atoms with Crippen LogP contribution in [0.2, 0.25) is 18.1 Å². The van der Waals surface area contributed by atoms with Gasteiger partial charge in [-0.3, -0.25) is 4.79 Å². The lowest BCUT2D eigenvalue weighted by Gasteiger charge is -2.39. The van der Waals surface area contributed by atoms with Crippen LogP contribution >= 0.6 is 0 Å². The van der Waals surface area contributed by atoms with Crippen LogP contribution in [0.5, 0.6) is 0 Å². The van der Waals surface area contributed by atoms with Gasteiger partial charge in [-0.1, -0.05) is 51.1 Å². The largest absolute Gasteiger partial charge is 0.411 e. The van der Waals surface area contributed by atoms with Crippen molar-refractivity contribution in [1.29, 1.82) is 0 Å². The van der Waals surface area contributed by atoms with Crippen LogP contribution in [0, 0.1) is 0 Å². The smallest absolute Gasteiger partial charge is 0.222 e. The van der Waals surface area contributed by atoms with Crippen molar-refractivity contribution in [2.24, 2.45) is 0 Å². The molecule has 21 heavy (non-hydrogen) atoms. The fourth-order valence-electron chi connectivity index (χ4n) is 2.41. The number of rotatable bonds is 4. The van der Waals surface area contributed by atoms with Gasteiger partial charge in [-0.25, -0.2) is 0 Å². The Morgan fingerprint density at radius 2 is 1.86 bits per heavy atom. The van der Waals surface area contributed by atoms with Crippen LogP contribution in [0.1, 0.15) is 32.8 Å². The fourth-order valence-corrected chi connectivity index (χ4v) is 3.77. The van der Waals surface area contributed by atoms with Crippen molar-refractivity contribution in [3.8, 4) is 0 Å². The quantitative estimate of drug-likeness (QED) is 0.865. The Balaban J connectivity index is 2.09. The zero-order chi connectivity index (χ0) is 15.7. The molecule has 1 fully saturated rings. The number of benzene rings is 1. The van der Waals surface area contributed by atoms with Gasteiger partial charge < -0.3 is 9.74 Å². The molecule has 0 aliphatic carbocycles. The van der Waals surface area contributed by atoms with Gasteiger partial charge in [0.15, 0.2) is 8.32 Å². The molecule has 0 spiro atoms. The van der Waals surface area contributed by atoms with E-state index in [1.165, 1.54) is 5.56 Å². The number of hydrogen-bond acceptors (Lipinski definition) is 2. The van der Waals surface area contributed by atoms with Crippen molar-refractivity contribution in [2.45, 2.75) is 63.9 Å². The van der Waals surface area contributed by atoms with E-state index in [0.717, 1.165) is 6.42 Å². The summed E-state index contributed by atoms with van der Waals surface area (Å²) in [5.74, 6) is 0.111. The number of amides is 1. The standard InChI is InChI=1S/C17H27NO2Si/c1-17(2,3)21(4,5)20-15-12-16(19)18-14(15)11-13-9-7-6-8-10-13/h6-10,14-15H,11-12H2,1-5H3,(H,18,19)/t14-,15+/m1/s1. The molecule has 2 atom stereocenters. The minimum atomic E-state index is -1.85. The minimum Gasteiger partial charge on any atom is -0.411 e. The number of carbonyl (C=O) groups excluding carboxylic acids is 1. The predicted molar refractivity (Wildman–Crippen MR) is 88.8 cm³/mol. The molecule has 0 bridgehead atoms. The maximum atomic E-state index is 11.8. The Morgan fingerprint density at radius 3 is 2.43 bits per heavy atom. The van der Waals surface area contributed by atoms with E-state index in [9.17, 15) is 4.79 Å². The third kappa shape index (κ3) is 3.95. The second kappa shape index (κ2) is 5.93. The Bertz CT molecular complexity index is 493. The van der Waals surface area contributed by atoms with E-state index in [-0.39, 0.29) is 23.1 Å². The fraction of sp³-hybridized carbons (Fsp3) is 0.588. The molecule has 2 rings (SSSR count). The summed E-state index contributed by atoms with van der Waals surface area (Å²) in [4.78, 5) is 11.8. The number of carbonyl (C=O) groups is 1. The Hall–Kier alpha value is -1.13. The lowest BCUT2D eigenvalue weighted by molar-refractivity contribution is -0.119. The Labute approximate surface area is 129 Å². The van der Waals surface area contributed by atoms with E-state index in [4.69, 9.17) is 4.43 Å². The van der Waals surface area contributed by atoms with Gasteiger partial charge in [-0.05, 0) is 30.1 Å². The van der Waals surface area contributed by atoms with Crippen LogP contribution in [-0.4, -0.2) is 26.4 Å². The minimum absolute atomic E-state index is 0.00130. The van der Waals surface area contributed by atoms with Crippen molar-refractivity contribution in [2.75, 3.05) is 0 Å². The topological polar surface area (TPSA) is 38.3 Å². The first kappa shape index (κ1) is 16.2. The van der Waals surface area contributed by atoms with Crippen molar-refractivity contribution >= 4 is 14.2 Å². The molecule has 0 radical (unpaired) electrons. The predicted octanol–water partition coefficient (Wildman–Crippen LogP) is 3.51. The maximum Gasteiger partial charge on any atom is 0.222 e. The molecule has 1 aromatic rings. The first-order valence-electron chi connectivity index (χ1n) is 7.70. The molecule has 1 amide bonds. The highest BCUT2D eigenvalue weighted by molar-refractivity contribution is 6.74. The van der Waals surface area contributed by atoms with Gasteiger partial charge in [0, 0.05) is 0 Å². The Morgan fingerprint density at radius 1 is 1.24 bits per heavy atom. The summed E-state index contributed by atoms with van der Waals surface area (Å²) in [6.45, 7) is 11.2. The average Bonchev–Trinajstić information content (AvgIpc) is 2.68. The molecule has 1 aromatic carbocycles. The first-order valence-corrected chi connectivity index (χ1v) is 10.6. The molecule has 1 aliphatic heterocycles. The van der Waals surface area contributed by atoms with Gasteiger partial charge >= 0.3 is 0 Å². The molecular weight excluding hydrogens is 278 g/mol. The lowest BCUT2D eigenvalue weighted by atomic mass is 10.0. The monoisotopic (exact) mass is 305 g/mol. The summed E-state index contributed by atoms with van der Waals surface area (Å²) in [5.41, 5.74) is 1.24. The van der Waals surface area contributed by atoms with Crippen LogP contribution in [0.15, 0.2) is 30.3 Å². The summed E-state index contributed by atoms with van der Waals surface area (Å²) < 4.78 is 6.47. The molecule has 3 nitrogen and oxygen atoms in total. The Kier molecular flexibility index (Phi) is 4.59. The SMILES string of the molecule is CC(C)(C)[Si](C)(C)O[C@H]1CC(=O)N[C@@H]1Cc1ccccc1. The summed E-state index contributed by atoms with van der Waals surface area (Å²) >= 11 is 0. The van der Waals surface area contributed by atoms with Crippen LogP contribution in [-0.2, 0) is 15.6 Å². The van der Waals surface area contributed by atoms with E-state index in [1.807, 2.05) is 18.2 Å². The number of hydrogen-bond donors (Lipinski definition) is 1. The maximum absolute atomic E-state index is 11.8. The normalized spacial score (nSPS) is 23.2. The van der Waals surface area contributed by atoms with Crippen molar-refractivity contribution < 1.29 is 9.22 Å². The highest BCUT2D eigenvalue weighted by Gasteiger charge is 2.43. The number of nitrogens with one attached hydrogen (secondary N) is 1. The van der Waals surface area contributed by atoms with Gasteiger partial charge in [-0.2, -0.15) is 0 Å². The molecule has 4 heteroatoms. The van der Waals surface area contributed by atoms with Gasteiger partial charge in [0.25, 0.3) is 0 Å². The highest BCUT2D eigenvalue weighted by Crippen LogP contribution is 2.38. The van der Waals surface area contributed by atoms with Gasteiger partial charge in [0.1, 0.15) is 0 Å². The molecule has 0 aromatic heterocycles. The van der Waals surface area contributed by atoms with E-state index in [1.54, 1.807) is 0 Å². The summed E-state index contributed by atoms with van der Waals surface area (Å²) in [5, 5.41) is 3.25. The third-order valence-corrected chi connectivity index (χ3v) is 9.24. The van der Waals surface area contributed by atoms with Gasteiger partial charge in [-0.15, -0.1) is 0 Å². The van der Waals surface area contributed by atoms with Crippen molar-refractivity contribution in [3.63, 3.8) is 0 Å². The summed E-state index contributed by atoms with van der Waals surface area (Å²) in [6.07, 6.45) is 1.33. The molecule has 116 valence electrons. The van der Waals surface area contributed by atoms with E-state index in [0.29, 0.717) is 6.42 Å². The summed E-state index contributed by atoms with van der Waals surface area (Å²) in [6, 6.07) is 10.4. The van der Waals surface area contributed by atoms with E-state index >= 15 is 0 Å². The third-order valence-electron chi connectivity index (χ3n) is 4.73. The molecule has 1 saturated heterocycles. The average molecular weight is 305 g/mol. The second-order valence-corrected chi connectivity index (χ2v) is 12.2. The molecule has 0 unspecified atom stereocenters. The zero-order valence-corrected chi connectivity index (χ0v) is 14.8. The van der Waals surface area contributed by atoms with Crippen LogP contribution in [0.4, 0.5) is 0 Å². The van der Waals surface area contributed by atoms with E-state index in [2.05, 4.69) is 51.3 Å². The van der Waals surface area contributed by atoms with Crippen molar-refractivity contribution in [1.82, 2.24) is 5.32 Å².